The first-order valence-corrected chi connectivity index (χ1v) is 6.70. The van der Waals surface area contributed by atoms with Gasteiger partial charge in [-0.1, -0.05) is 27.7 Å². The Morgan fingerprint density at radius 2 is 1.94 bits per heavy atom. The predicted octanol–water partition coefficient (Wildman–Crippen LogP) is 2.38. The molecule has 2 unspecified atom stereocenters. The molecule has 1 rings (SSSR count). The molecule has 1 aliphatic rings. The summed E-state index contributed by atoms with van der Waals surface area (Å²) in [4.78, 5) is 25.3. The quantitative estimate of drug-likeness (QED) is 0.839. The second kappa shape index (κ2) is 5.29. The fourth-order valence-corrected chi connectivity index (χ4v) is 3.05. The number of carbonyl (C=O) groups is 2. The maximum Gasteiger partial charge on any atom is 0.308 e. The van der Waals surface area contributed by atoms with Gasteiger partial charge < -0.3 is 10.0 Å². The van der Waals surface area contributed by atoms with Gasteiger partial charge in [-0.05, 0) is 25.7 Å². The monoisotopic (exact) mass is 255 g/mol. The maximum atomic E-state index is 12.5. The van der Waals surface area contributed by atoms with Gasteiger partial charge >= 0.3 is 5.97 Å². The molecule has 0 aromatic carbocycles. The largest absolute Gasteiger partial charge is 0.481 e. The Kier molecular flexibility index (Phi) is 4.41. The van der Waals surface area contributed by atoms with Crippen molar-refractivity contribution in [1.29, 1.82) is 0 Å². The summed E-state index contributed by atoms with van der Waals surface area (Å²) in [7, 11) is 0. The highest BCUT2D eigenvalue weighted by Crippen LogP contribution is 2.33. The van der Waals surface area contributed by atoms with E-state index in [4.69, 9.17) is 5.11 Å². The molecular formula is C14H25NO3. The second-order valence-corrected chi connectivity index (χ2v) is 6.45. The molecule has 2 atom stereocenters. The molecule has 104 valence electrons. The lowest BCUT2D eigenvalue weighted by atomic mass is 9.82. The van der Waals surface area contributed by atoms with Crippen LogP contribution in [0.25, 0.3) is 0 Å². The highest BCUT2D eigenvalue weighted by atomic mass is 16.4. The zero-order valence-corrected chi connectivity index (χ0v) is 12.1. The summed E-state index contributed by atoms with van der Waals surface area (Å²) in [6.45, 7) is 10.5. The van der Waals surface area contributed by atoms with E-state index in [9.17, 15) is 9.59 Å². The lowest BCUT2D eigenvalue weighted by Gasteiger charge is -2.33. The first-order valence-electron chi connectivity index (χ1n) is 6.70. The number of amides is 1. The van der Waals surface area contributed by atoms with Crippen LogP contribution in [0.15, 0.2) is 0 Å². The smallest absolute Gasteiger partial charge is 0.308 e. The number of hydrogen-bond acceptors (Lipinski definition) is 2. The summed E-state index contributed by atoms with van der Waals surface area (Å²) in [6, 6.07) is -0.193. The molecule has 0 radical (unpaired) electrons. The van der Waals surface area contributed by atoms with Crippen molar-refractivity contribution in [3.05, 3.63) is 0 Å². The molecule has 4 heteroatoms. The van der Waals surface area contributed by atoms with Crippen molar-refractivity contribution in [3.8, 4) is 0 Å². The molecule has 0 bridgehead atoms. The fraction of sp³-hybridized carbons (Fsp3) is 0.857. The number of carbonyl (C=O) groups excluding carboxylic acids is 1. The molecule has 0 aromatic rings. The number of aliphatic carboxylic acids is 1. The summed E-state index contributed by atoms with van der Waals surface area (Å²) < 4.78 is 0. The average molecular weight is 255 g/mol. The van der Waals surface area contributed by atoms with Crippen LogP contribution in [0, 0.1) is 17.3 Å². The van der Waals surface area contributed by atoms with Gasteiger partial charge in [0.2, 0.25) is 5.91 Å². The van der Waals surface area contributed by atoms with Gasteiger partial charge in [0, 0.05) is 18.0 Å². The van der Waals surface area contributed by atoms with E-state index in [0.717, 1.165) is 6.42 Å². The summed E-state index contributed by atoms with van der Waals surface area (Å²) in [5, 5.41) is 9.09. The number of hydrogen-bond donors (Lipinski definition) is 1. The van der Waals surface area contributed by atoms with Crippen LogP contribution in [0.5, 0.6) is 0 Å². The van der Waals surface area contributed by atoms with E-state index >= 15 is 0 Å². The molecule has 18 heavy (non-hydrogen) atoms. The van der Waals surface area contributed by atoms with E-state index in [1.807, 2.05) is 20.8 Å². The van der Waals surface area contributed by atoms with E-state index in [-0.39, 0.29) is 11.9 Å². The van der Waals surface area contributed by atoms with Crippen LogP contribution in [-0.4, -0.2) is 34.5 Å². The third kappa shape index (κ3) is 3.03. The van der Waals surface area contributed by atoms with E-state index in [1.54, 1.807) is 4.90 Å². The molecule has 0 aliphatic carbocycles. The van der Waals surface area contributed by atoms with Crippen molar-refractivity contribution in [1.82, 2.24) is 4.90 Å². The Morgan fingerprint density at radius 1 is 1.39 bits per heavy atom. The third-order valence-electron chi connectivity index (χ3n) is 3.83. The van der Waals surface area contributed by atoms with Crippen LogP contribution in [0.2, 0.25) is 0 Å². The molecule has 1 N–H and O–H groups in total. The van der Waals surface area contributed by atoms with Crippen LogP contribution in [0.4, 0.5) is 0 Å². The molecular weight excluding hydrogens is 230 g/mol. The first kappa shape index (κ1) is 15.0. The molecule has 1 saturated heterocycles. The third-order valence-corrected chi connectivity index (χ3v) is 3.83. The Labute approximate surface area is 109 Å². The SMILES string of the molecule is CC(C)CC(C)(C)C(=O)N1CCC(C(=O)O)C1C. The average Bonchev–Trinajstić information content (AvgIpc) is 2.56. The summed E-state index contributed by atoms with van der Waals surface area (Å²) >= 11 is 0. The van der Waals surface area contributed by atoms with Gasteiger partial charge in [-0.3, -0.25) is 9.59 Å². The lowest BCUT2D eigenvalue weighted by Crippen LogP contribution is -2.45. The molecule has 1 heterocycles. The van der Waals surface area contributed by atoms with Crippen LogP contribution < -0.4 is 0 Å². The summed E-state index contributed by atoms with van der Waals surface area (Å²) in [5.41, 5.74) is -0.407. The Morgan fingerprint density at radius 3 is 2.33 bits per heavy atom. The number of nitrogens with zero attached hydrogens (tertiary/aromatic N) is 1. The van der Waals surface area contributed by atoms with Gasteiger partial charge in [-0.25, -0.2) is 0 Å². The van der Waals surface area contributed by atoms with Gasteiger partial charge in [0.05, 0.1) is 5.92 Å². The number of carboxylic acid groups (broad SMARTS) is 1. The number of likely N-dealkylation sites (tertiary alicyclic amines) is 1. The Balaban J connectivity index is 2.77. The van der Waals surface area contributed by atoms with Gasteiger partial charge in [0.25, 0.3) is 0 Å². The highest BCUT2D eigenvalue weighted by molar-refractivity contribution is 5.84. The fourth-order valence-electron chi connectivity index (χ4n) is 3.05. The van der Waals surface area contributed by atoms with Gasteiger partial charge in [0.1, 0.15) is 0 Å². The summed E-state index contributed by atoms with van der Waals surface area (Å²) in [5.74, 6) is -0.659. The predicted molar refractivity (Wildman–Crippen MR) is 70.2 cm³/mol. The van der Waals surface area contributed by atoms with Crippen molar-refractivity contribution in [2.24, 2.45) is 17.3 Å². The minimum atomic E-state index is -0.792. The van der Waals surface area contributed by atoms with E-state index in [0.29, 0.717) is 18.9 Å². The molecule has 4 nitrogen and oxygen atoms in total. The van der Waals surface area contributed by atoms with Gasteiger partial charge in [-0.2, -0.15) is 0 Å². The second-order valence-electron chi connectivity index (χ2n) is 6.45. The number of rotatable bonds is 4. The zero-order chi connectivity index (χ0) is 14.1. The number of carboxylic acids is 1. The molecule has 1 fully saturated rings. The topological polar surface area (TPSA) is 57.6 Å². The first-order chi connectivity index (χ1) is 8.16. The maximum absolute atomic E-state index is 12.5. The van der Waals surface area contributed by atoms with Crippen molar-refractivity contribution in [3.63, 3.8) is 0 Å². The van der Waals surface area contributed by atoms with Crippen molar-refractivity contribution >= 4 is 11.9 Å². The standard InChI is InChI=1S/C14H25NO3/c1-9(2)8-14(4,5)13(18)15-7-6-11(10(15)3)12(16)17/h9-11H,6-8H2,1-5H3,(H,16,17). The summed E-state index contributed by atoms with van der Waals surface area (Å²) in [6.07, 6.45) is 1.40. The van der Waals surface area contributed by atoms with E-state index in [1.165, 1.54) is 0 Å². The van der Waals surface area contributed by atoms with Gasteiger partial charge in [0.15, 0.2) is 0 Å². The van der Waals surface area contributed by atoms with Crippen LogP contribution in [0.3, 0.4) is 0 Å². The molecule has 0 aromatic heterocycles. The van der Waals surface area contributed by atoms with Crippen molar-refractivity contribution < 1.29 is 14.7 Å². The minimum Gasteiger partial charge on any atom is -0.481 e. The molecule has 1 amide bonds. The van der Waals surface area contributed by atoms with Crippen molar-refractivity contribution in [2.75, 3.05) is 6.54 Å². The van der Waals surface area contributed by atoms with Crippen molar-refractivity contribution in [2.45, 2.75) is 53.5 Å². The highest BCUT2D eigenvalue weighted by Gasteiger charge is 2.42. The van der Waals surface area contributed by atoms with Crippen LogP contribution in [-0.2, 0) is 9.59 Å². The Bertz CT molecular complexity index is 336. The van der Waals surface area contributed by atoms with Gasteiger partial charge in [-0.15, -0.1) is 0 Å². The van der Waals surface area contributed by atoms with Crippen LogP contribution in [0.1, 0.15) is 47.5 Å². The molecule has 0 saturated carbocycles. The molecule has 0 spiro atoms. The minimum absolute atomic E-state index is 0.0902. The van der Waals surface area contributed by atoms with Crippen LogP contribution >= 0.6 is 0 Å². The van der Waals surface area contributed by atoms with E-state index < -0.39 is 17.3 Å². The zero-order valence-electron chi connectivity index (χ0n) is 12.1. The molecule has 1 aliphatic heterocycles. The Hall–Kier alpha value is -1.06. The lowest BCUT2D eigenvalue weighted by molar-refractivity contribution is -0.145. The normalized spacial score (nSPS) is 24.7. The van der Waals surface area contributed by atoms with E-state index in [2.05, 4.69) is 13.8 Å².